The third kappa shape index (κ3) is 7.19. The number of nitrogens with zero attached hydrogens (tertiary/aromatic N) is 1. The maximum atomic E-state index is 12.6. The highest BCUT2D eigenvalue weighted by Crippen LogP contribution is 2.25. The van der Waals surface area contributed by atoms with E-state index in [2.05, 4.69) is 0 Å². The van der Waals surface area contributed by atoms with Crippen LogP contribution in [0.25, 0.3) is 0 Å². The minimum Gasteiger partial charge on any atom is -0.465 e. The number of nitrogens with one attached hydrogen (secondary N) is 1. The first-order valence-corrected chi connectivity index (χ1v) is 8.62. The molecule has 0 unspecified atom stereocenters. The molecule has 0 spiro atoms. The Morgan fingerprint density at radius 1 is 1.00 bits per heavy atom. The molecule has 1 aliphatic rings. The van der Waals surface area contributed by atoms with Gasteiger partial charge in [0.1, 0.15) is 0 Å². The van der Waals surface area contributed by atoms with E-state index in [9.17, 15) is 27.6 Å². The topological polar surface area (TPSA) is 84.9 Å². The zero-order valence-corrected chi connectivity index (χ0v) is 14.9. The summed E-state index contributed by atoms with van der Waals surface area (Å²) in [5.41, 5.74) is 0. The Hall–Kier alpha value is -1.84. The summed E-state index contributed by atoms with van der Waals surface area (Å²) in [7, 11) is 0. The second-order valence-electron chi connectivity index (χ2n) is 5.94. The first-order valence-electron chi connectivity index (χ1n) is 8.62. The van der Waals surface area contributed by atoms with Gasteiger partial charge in [0.05, 0.1) is 26.3 Å². The van der Waals surface area contributed by atoms with E-state index in [1.807, 2.05) is 5.32 Å². The first-order chi connectivity index (χ1) is 12.2. The number of carbonyl (C=O) groups is 3. The molecule has 2 atom stereocenters. The molecule has 26 heavy (non-hydrogen) atoms. The van der Waals surface area contributed by atoms with Crippen LogP contribution in [-0.4, -0.2) is 67.3 Å². The van der Waals surface area contributed by atoms with Crippen LogP contribution in [0, 0.1) is 0 Å². The zero-order chi connectivity index (χ0) is 19.7. The number of hydrogen-bond acceptors (Lipinski definition) is 6. The summed E-state index contributed by atoms with van der Waals surface area (Å²) in [6.07, 6.45) is -2.86. The number of amides is 1. The van der Waals surface area contributed by atoms with Crippen LogP contribution in [-0.2, 0) is 23.9 Å². The molecule has 0 aromatic carbocycles. The Labute approximate surface area is 150 Å². The van der Waals surface area contributed by atoms with Crippen LogP contribution in [0.5, 0.6) is 0 Å². The molecule has 1 amide bonds. The summed E-state index contributed by atoms with van der Waals surface area (Å²) in [6, 6.07) is -1.41. The molecule has 0 heterocycles. The second-order valence-corrected chi connectivity index (χ2v) is 5.94. The summed E-state index contributed by atoms with van der Waals surface area (Å²) < 4.78 is 47.5. The van der Waals surface area contributed by atoms with Gasteiger partial charge in [0.2, 0.25) is 0 Å². The van der Waals surface area contributed by atoms with Crippen LogP contribution < -0.4 is 5.32 Å². The SMILES string of the molecule is CCOC(=O)CN(CC(=O)OCC)[C@@H]1CCCC[C@H]1NC(=O)C(F)(F)F. The monoisotopic (exact) mass is 382 g/mol. The average molecular weight is 382 g/mol. The third-order valence-electron chi connectivity index (χ3n) is 4.05. The van der Waals surface area contributed by atoms with Gasteiger partial charge in [0.25, 0.3) is 0 Å². The van der Waals surface area contributed by atoms with Crippen molar-refractivity contribution >= 4 is 17.8 Å². The van der Waals surface area contributed by atoms with Crippen molar-refractivity contribution in [3.8, 4) is 0 Å². The summed E-state index contributed by atoms with van der Waals surface area (Å²) in [5.74, 6) is -3.21. The number of rotatable bonds is 8. The molecule has 0 aliphatic heterocycles. The number of hydrogen-bond donors (Lipinski definition) is 1. The van der Waals surface area contributed by atoms with Crippen LogP contribution in [0.3, 0.4) is 0 Å². The van der Waals surface area contributed by atoms with Gasteiger partial charge in [-0.1, -0.05) is 12.8 Å². The molecule has 150 valence electrons. The molecule has 0 radical (unpaired) electrons. The number of halogens is 3. The van der Waals surface area contributed by atoms with Gasteiger partial charge in [-0.3, -0.25) is 19.3 Å². The molecule has 1 saturated carbocycles. The van der Waals surface area contributed by atoms with E-state index in [1.54, 1.807) is 13.8 Å². The van der Waals surface area contributed by atoms with Gasteiger partial charge in [-0.15, -0.1) is 0 Å². The molecule has 0 saturated heterocycles. The molecule has 1 aliphatic carbocycles. The van der Waals surface area contributed by atoms with Gasteiger partial charge in [-0.2, -0.15) is 13.2 Å². The Morgan fingerprint density at radius 2 is 1.50 bits per heavy atom. The van der Waals surface area contributed by atoms with Crippen molar-refractivity contribution in [2.45, 2.75) is 57.8 Å². The zero-order valence-electron chi connectivity index (χ0n) is 14.9. The van der Waals surface area contributed by atoms with Gasteiger partial charge >= 0.3 is 24.0 Å². The second kappa shape index (κ2) is 10.3. The van der Waals surface area contributed by atoms with Crippen molar-refractivity contribution in [1.29, 1.82) is 0 Å². The van der Waals surface area contributed by atoms with Gasteiger partial charge < -0.3 is 14.8 Å². The molecule has 0 aromatic heterocycles. The standard InChI is InChI=1S/C16H25F3N2O5/c1-3-25-13(22)9-21(10-14(23)26-4-2)12-8-6-5-7-11(12)20-15(24)16(17,18)19/h11-12H,3-10H2,1-2H3,(H,20,24)/t11-,12-/m1/s1. The summed E-state index contributed by atoms with van der Waals surface area (Å²) in [4.78, 5) is 36.4. The highest BCUT2D eigenvalue weighted by Gasteiger charge is 2.42. The van der Waals surface area contributed by atoms with Gasteiger partial charge in [-0.05, 0) is 26.7 Å². The van der Waals surface area contributed by atoms with Crippen molar-refractivity contribution in [2.24, 2.45) is 0 Å². The van der Waals surface area contributed by atoms with Crippen LogP contribution in [0.1, 0.15) is 39.5 Å². The average Bonchev–Trinajstić information content (AvgIpc) is 2.54. The fraction of sp³-hybridized carbons (Fsp3) is 0.812. The Kier molecular flexibility index (Phi) is 8.83. The smallest absolute Gasteiger partial charge is 0.465 e. The molecule has 1 fully saturated rings. The van der Waals surface area contributed by atoms with E-state index in [1.165, 1.54) is 4.90 Å². The molecule has 1 rings (SSSR count). The van der Waals surface area contributed by atoms with E-state index >= 15 is 0 Å². The fourth-order valence-electron chi connectivity index (χ4n) is 3.00. The lowest BCUT2D eigenvalue weighted by Crippen LogP contribution is -2.57. The lowest BCUT2D eigenvalue weighted by Gasteiger charge is -2.39. The van der Waals surface area contributed by atoms with Crippen LogP contribution in [0.2, 0.25) is 0 Å². The molecular weight excluding hydrogens is 357 g/mol. The maximum Gasteiger partial charge on any atom is 0.471 e. The van der Waals surface area contributed by atoms with Crippen LogP contribution in [0.15, 0.2) is 0 Å². The van der Waals surface area contributed by atoms with Crippen molar-refractivity contribution < 1.29 is 37.0 Å². The van der Waals surface area contributed by atoms with Crippen LogP contribution in [0.4, 0.5) is 13.2 Å². The lowest BCUT2D eigenvalue weighted by atomic mass is 9.89. The predicted molar refractivity (Wildman–Crippen MR) is 85.1 cm³/mol. The van der Waals surface area contributed by atoms with E-state index in [0.717, 1.165) is 0 Å². The largest absolute Gasteiger partial charge is 0.471 e. The summed E-state index contributed by atoms with van der Waals surface area (Å²) >= 11 is 0. The maximum absolute atomic E-state index is 12.6. The van der Waals surface area contributed by atoms with Crippen molar-refractivity contribution in [1.82, 2.24) is 10.2 Å². The van der Waals surface area contributed by atoms with Crippen molar-refractivity contribution in [2.75, 3.05) is 26.3 Å². The Balaban J connectivity index is 2.92. The molecule has 1 N–H and O–H groups in total. The number of alkyl halides is 3. The summed E-state index contributed by atoms with van der Waals surface area (Å²) in [6.45, 7) is 3.00. The molecule has 0 aromatic rings. The normalized spacial score (nSPS) is 20.5. The Bertz CT molecular complexity index is 479. The number of ether oxygens (including phenoxy) is 2. The summed E-state index contributed by atoms with van der Waals surface area (Å²) in [5, 5.41) is 1.99. The van der Waals surface area contributed by atoms with Gasteiger partial charge in [0, 0.05) is 12.1 Å². The predicted octanol–water partition coefficient (Wildman–Crippen LogP) is 1.40. The van der Waals surface area contributed by atoms with Crippen LogP contribution >= 0.6 is 0 Å². The third-order valence-corrected chi connectivity index (χ3v) is 4.05. The van der Waals surface area contributed by atoms with E-state index in [0.29, 0.717) is 25.7 Å². The number of carbonyl (C=O) groups excluding carboxylic acids is 3. The molecular formula is C16H25F3N2O5. The van der Waals surface area contributed by atoms with Gasteiger partial charge in [0.15, 0.2) is 0 Å². The Morgan fingerprint density at radius 3 is 1.96 bits per heavy atom. The quantitative estimate of drug-likeness (QED) is 0.639. The molecule has 0 bridgehead atoms. The highest BCUT2D eigenvalue weighted by atomic mass is 19.4. The van der Waals surface area contributed by atoms with E-state index in [4.69, 9.17) is 9.47 Å². The van der Waals surface area contributed by atoms with Crippen molar-refractivity contribution in [3.05, 3.63) is 0 Å². The highest BCUT2D eigenvalue weighted by molar-refractivity contribution is 5.82. The minimum absolute atomic E-state index is 0.144. The van der Waals surface area contributed by atoms with Gasteiger partial charge in [-0.25, -0.2) is 0 Å². The van der Waals surface area contributed by atoms with E-state index < -0.39 is 36.1 Å². The number of esters is 2. The first kappa shape index (κ1) is 22.2. The van der Waals surface area contributed by atoms with Crippen molar-refractivity contribution in [3.63, 3.8) is 0 Å². The minimum atomic E-state index is -4.99. The fourth-order valence-corrected chi connectivity index (χ4v) is 3.00. The lowest BCUT2D eigenvalue weighted by molar-refractivity contribution is -0.175. The molecule has 7 nitrogen and oxygen atoms in total. The van der Waals surface area contributed by atoms with E-state index in [-0.39, 0.29) is 26.3 Å². The molecule has 10 heteroatoms.